The molecule has 5 nitrogen and oxygen atoms in total. The van der Waals surface area contributed by atoms with Crippen LogP contribution in [0, 0.1) is 5.82 Å². The minimum Gasteiger partial charge on any atom is -0.398 e. The van der Waals surface area contributed by atoms with Crippen molar-refractivity contribution in [2.75, 3.05) is 12.8 Å². The number of nitrogens with two attached hydrogens (primary N) is 1. The number of halogens is 1. The fourth-order valence-electron chi connectivity index (χ4n) is 1.29. The Kier molecular flexibility index (Phi) is 3.72. The molecule has 1 aromatic rings. The Balaban J connectivity index is 3.31. The summed E-state index contributed by atoms with van der Waals surface area (Å²) < 4.78 is 37.0. The molecule has 0 spiro atoms. The molecule has 0 aromatic heterocycles. The minimum atomic E-state index is -3.98. The zero-order valence-electron chi connectivity index (χ0n) is 9.40. The summed E-state index contributed by atoms with van der Waals surface area (Å²) in [5.74, 6) is -1.39. The molecule has 1 aromatic carbocycles. The number of hydrogen-bond acceptors (Lipinski definition) is 4. The maximum absolute atomic E-state index is 13.0. The van der Waals surface area contributed by atoms with Crippen LogP contribution in [0.15, 0.2) is 23.1 Å². The number of nitrogens with one attached hydrogen (secondary N) is 1. The number of rotatable bonds is 3. The average Bonchev–Trinajstić information content (AvgIpc) is 2.30. The fourth-order valence-corrected chi connectivity index (χ4v) is 2.74. The molecule has 0 aliphatic heterocycles. The van der Waals surface area contributed by atoms with Crippen molar-refractivity contribution >= 4 is 21.4 Å². The highest BCUT2D eigenvalue weighted by molar-refractivity contribution is 7.93. The normalized spacial score (nSPS) is 13.1. The lowest BCUT2D eigenvalue weighted by Crippen LogP contribution is -2.36. The Bertz CT molecular complexity index is 542. The van der Waals surface area contributed by atoms with E-state index >= 15 is 0 Å². The van der Waals surface area contributed by atoms with Gasteiger partial charge in [0, 0.05) is 7.05 Å². The van der Waals surface area contributed by atoms with Crippen molar-refractivity contribution in [1.29, 1.82) is 0 Å². The first-order valence-electron chi connectivity index (χ1n) is 4.81. The van der Waals surface area contributed by atoms with Gasteiger partial charge in [-0.15, -0.1) is 0 Å². The first kappa shape index (κ1) is 13.4. The van der Waals surface area contributed by atoms with Crippen molar-refractivity contribution in [3.05, 3.63) is 24.0 Å². The van der Waals surface area contributed by atoms with Crippen LogP contribution >= 0.6 is 0 Å². The number of nitrogen functional groups attached to an aromatic ring is 1. The second-order valence-corrected chi connectivity index (χ2v) is 5.72. The Morgan fingerprint density at radius 2 is 2.06 bits per heavy atom. The Labute approximate surface area is 98.7 Å². The van der Waals surface area contributed by atoms with Gasteiger partial charge < -0.3 is 11.1 Å². The van der Waals surface area contributed by atoms with Crippen molar-refractivity contribution < 1.29 is 17.6 Å². The molecule has 1 rings (SSSR count). The molecule has 1 atom stereocenters. The van der Waals surface area contributed by atoms with Gasteiger partial charge in [0.2, 0.25) is 5.91 Å². The summed E-state index contributed by atoms with van der Waals surface area (Å²) in [4.78, 5) is 10.9. The topological polar surface area (TPSA) is 89.3 Å². The van der Waals surface area contributed by atoms with E-state index in [0.29, 0.717) is 0 Å². The molecule has 17 heavy (non-hydrogen) atoms. The average molecular weight is 260 g/mol. The lowest BCUT2D eigenvalue weighted by molar-refractivity contribution is -0.119. The largest absolute Gasteiger partial charge is 0.398 e. The van der Waals surface area contributed by atoms with Gasteiger partial charge in [-0.05, 0) is 25.1 Å². The van der Waals surface area contributed by atoms with E-state index in [-0.39, 0.29) is 10.6 Å². The summed E-state index contributed by atoms with van der Waals surface area (Å²) in [6, 6.07) is 3.02. The van der Waals surface area contributed by atoms with Crippen molar-refractivity contribution in [2.45, 2.75) is 17.1 Å². The lowest BCUT2D eigenvalue weighted by atomic mass is 10.3. The third-order valence-corrected chi connectivity index (χ3v) is 4.47. The molecule has 1 amide bonds. The Morgan fingerprint density at radius 1 is 1.47 bits per heavy atom. The molecule has 7 heteroatoms. The van der Waals surface area contributed by atoms with Gasteiger partial charge in [-0.25, -0.2) is 12.8 Å². The predicted molar refractivity (Wildman–Crippen MR) is 61.5 cm³/mol. The van der Waals surface area contributed by atoms with Crippen molar-refractivity contribution in [3.63, 3.8) is 0 Å². The molecule has 0 saturated heterocycles. The van der Waals surface area contributed by atoms with Crippen LogP contribution in [0.4, 0.5) is 10.1 Å². The van der Waals surface area contributed by atoms with Crippen LogP contribution < -0.4 is 11.1 Å². The van der Waals surface area contributed by atoms with E-state index < -0.39 is 26.8 Å². The highest BCUT2D eigenvalue weighted by Gasteiger charge is 2.30. The minimum absolute atomic E-state index is 0.0813. The molecule has 0 fully saturated rings. The number of anilines is 1. The van der Waals surface area contributed by atoms with Gasteiger partial charge in [0.1, 0.15) is 11.1 Å². The van der Waals surface area contributed by atoms with Crippen molar-refractivity contribution in [1.82, 2.24) is 5.32 Å². The van der Waals surface area contributed by atoms with Crippen LogP contribution in [0.3, 0.4) is 0 Å². The first-order valence-corrected chi connectivity index (χ1v) is 6.36. The smallest absolute Gasteiger partial charge is 0.238 e. The van der Waals surface area contributed by atoms with Crippen LogP contribution in [0.25, 0.3) is 0 Å². The standard InChI is InChI=1S/C10H13FN2O3S/c1-6(10(14)13-2)17(15,16)9-5-7(11)3-4-8(9)12/h3-6H,12H2,1-2H3,(H,13,14). The highest BCUT2D eigenvalue weighted by atomic mass is 32.2. The third kappa shape index (κ3) is 2.55. The van der Waals surface area contributed by atoms with Crippen LogP contribution in [-0.2, 0) is 14.6 Å². The van der Waals surface area contributed by atoms with Crippen LogP contribution in [0.5, 0.6) is 0 Å². The number of amides is 1. The molecule has 0 heterocycles. The molecule has 3 N–H and O–H groups in total. The van der Waals surface area contributed by atoms with Gasteiger partial charge >= 0.3 is 0 Å². The van der Waals surface area contributed by atoms with Crippen LogP contribution in [0.1, 0.15) is 6.92 Å². The molecule has 0 aliphatic carbocycles. The van der Waals surface area contributed by atoms with Gasteiger partial charge in [-0.1, -0.05) is 0 Å². The molecule has 0 saturated carbocycles. The maximum Gasteiger partial charge on any atom is 0.238 e. The van der Waals surface area contributed by atoms with E-state index in [1.54, 1.807) is 0 Å². The summed E-state index contributed by atoms with van der Waals surface area (Å²) >= 11 is 0. The summed E-state index contributed by atoms with van der Waals surface area (Å²) in [7, 11) is -2.66. The van der Waals surface area contributed by atoms with Gasteiger partial charge in [0.15, 0.2) is 9.84 Å². The molecule has 0 radical (unpaired) electrons. The van der Waals surface area contributed by atoms with Crippen LogP contribution in [-0.4, -0.2) is 26.6 Å². The summed E-state index contributed by atoms with van der Waals surface area (Å²) in [5, 5.41) is 0.899. The van der Waals surface area contributed by atoms with E-state index in [2.05, 4.69) is 5.32 Å². The number of benzene rings is 1. The quantitative estimate of drug-likeness (QED) is 0.766. The Morgan fingerprint density at radius 3 is 2.59 bits per heavy atom. The summed E-state index contributed by atoms with van der Waals surface area (Å²) in [6.45, 7) is 1.22. The monoisotopic (exact) mass is 260 g/mol. The Hall–Kier alpha value is -1.63. The first-order chi connectivity index (χ1) is 7.80. The van der Waals surface area contributed by atoms with E-state index in [4.69, 9.17) is 5.73 Å². The van der Waals surface area contributed by atoms with Gasteiger partial charge in [-0.2, -0.15) is 0 Å². The number of sulfone groups is 1. The predicted octanol–water partition coefficient (Wildman–Crippen LogP) is 0.316. The highest BCUT2D eigenvalue weighted by Crippen LogP contribution is 2.23. The van der Waals surface area contributed by atoms with E-state index in [9.17, 15) is 17.6 Å². The molecular formula is C10H13FN2O3S. The van der Waals surface area contributed by atoms with E-state index in [1.165, 1.54) is 14.0 Å². The number of hydrogen-bond donors (Lipinski definition) is 2. The number of carbonyl (C=O) groups excluding carboxylic acids is 1. The fraction of sp³-hybridized carbons (Fsp3) is 0.300. The van der Waals surface area contributed by atoms with Gasteiger partial charge in [0.05, 0.1) is 10.6 Å². The van der Waals surface area contributed by atoms with Crippen LogP contribution in [0.2, 0.25) is 0 Å². The molecule has 0 bridgehead atoms. The summed E-state index contributed by atoms with van der Waals surface area (Å²) in [5.41, 5.74) is 5.40. The summed E-state index contributed by atoms with van der Waals surface area (Å²) in [6.07, 6.45) is 0. The molecule has 0 aliphatic rings. The van der Waals surface area contributed by atoms with Crippen molar-refractivity contribution in [2.24, 2.45) is 0 Å². The van der Waals surface area contributed by atoms with E-state index in [1.807, 2.05) is 0 Å². The zero-order valence-corrected chi connectivity index (χ0v) is 10.2. The zero-order chi connectivity index (χ0) is 13.2. The molecule has 1 unspecified atom stereocenters. The van der Waals surface area contributed by atoms with Gasteiger partial charge in [0.25, 0.3) is 0 Å². The van der Waals surface area contributed by atoms with E-state index in [0.717, 1.165) is 18.2 Å². The number of carbonyl (C=O) groups is 1. The van der Waals surface area contributed by atoms with Gasteiger partial charge in [-0.3, -0.25) is 4.79 Å². The third-order valence-electron chi connectivity index (χ3n) is 2.36. The second-order valence-electron chi connectivity index (χ2n) is 3.48. The molecular weight excluding hydrogens is 247 g/mol. The van der Waals surface area contributed by atoms with Crippen molar-refractivity contribution in [3.8, 4) is 0 Å². The SMILES string of the molecule is CNC(=O)C(C)S(=O)(=O)c1cc(F)ccc1N. The maximum atomic E-state index is 13.0. The second kappa shape index (κ2) is 4.70. The lowest BCUT2D eigenvalue weighted by Gasteiger charge is -2.13. The molecule has 94 valence electrons.